The van der Waals surface area contributed by atoms with Crippen LogP contribution in [0, 0.1) is 17.7 Å². The van der Waals surface area contributed by atoms with Crippen molar-refractivity contribution in [2.45, 2.75) is 65.7 Å². The third kappa shape index (κ3) is 6.20. The van der Waals surface area contributed by atoms with E-state index >= 15 is 0 Å². The van der Waals surface area contributed by atoms with Gasteiger partial charge in [0.25, 0.3) is 0 Å². The quantitative estimate of drug-likeness (QED) is 0.401. The van der Waals surface area contributed by atoms with Gasteiger partial charge in [-0.15, -0.1) is 0 Å². The summed E-state index contributed by atoms with van der Waals surface area (Å²) in [5.41, 5.74) is 7.03. The molecule has 3 rings (SSSR count). The molecule has 0 amide bonds. The Labute approximate surface area is 183 Å². The number of nitrogens with zero attached hydrogens (tertiary/aromatic N) is 1. The van der Waals surface area contributed by atoms with E-state index in [1.165, 1.54) is 53.7 Å². The fourth-order valence-corrected chi connectivity index (χ4v) is 4.53. The second-order valence-electron chi connectivity index (χ2n) is 8.95. The summed E-state index contributed by atoms with van der Waals surface area (Å²) in [5, 5.41) is 0. The van der Waals surface area contributed by atoms with Crippen LogP contribution < -0.4 is 0 Å². The van der Waals surface area contributed by atoms with Crippen LogP contribution in [0.3, 0.4) is 0 Å². The lowest BCUT2D eigenvalue weighted by Crippen LogP contribution is -2.31. The minimum absolute atomic E-state index is 0.154. The van der Waals surface area contributed by atoms with Gasteiger partial charge < -0.3 is 4.90 Å². The van der Waals surface area contributed by atoms with Crippen molar-refractivity contribution in [1.29, 1.82) is 0 Å². The van der Waals surface area contributed by atoms with Crippen LogP contribution in [-0.2, 0) is 6.42 Å². The Morgan fingerprint density at radius 3 is 2.53 bits per heavy atom. The van der Waals surface area contributed by atoms with Crippen LogP contribution in [-0.4, -0.2) is 18.5 Å². The molecule has 0 unspecified atom stereocenters. The number of hydrogen-bond donors (Lipinski definition) is 0. The average molecular weight is 408 g/mol. The first-order valence-electron chi connectivity index (χ1n) is 11.7. The van der Waals surface area contributed by atoms with Crippen molar-refractivity contribution < 1.29 is 4.39 Å². The highest BCUT2D eigenvalue weighted by Gasteiger charge is 2.25. The van der Waals surface area contributed by atoms with E-state index in [0.717, 1.165) is 31.7 Å². The number of rotatable bonds is 8. The normalized spacial score (nSPS) is 22.7. The van der Waals surface area contributed by atoms with Gasteiger partial charge in [-0.25, -0.2) is 4.39 Å². The molecule has 2 fully saturated rings. The summed E-state index contributed by atoms with van der Waals surface area (Å²) < 4.78 is 13.3. The topological polar surface area (TPSA) is 3.24 Å². The molecule has 1 nitrogen and oxygen atoms in total. The van der Waals surface area contributed by atoms with E-state index in [1.54, 1.807) is 12.1 Å². The molecule has 1 saturated carbocycles. The maximum atomic E-state index is 13.3. The Hall–Kier alpha value is -2.09. The van der Waals surface area contributed by atoms with Crippen molar-refractivity contribution in [2.75, 3.05) is 13.6 Å². The molecule has 1 heterocycles. The Bertz CT molecular complexity index is 821. The van der Waals surface area contributed by atoms with Gasteiger partial charge in [0.1, 0.15) is 5.82 Å². The van der Waals surface area contributed by atoms with Crippen molar-refractivity contribution in [3.8, 4) is 0 Å². The summed E-state index contributed by atoms with van der Waals surface area (Å²) in [4.78, 5) is 2.43. The van der Waals surface area contributed by atoms with Gasteiger partial charge in [0, 0.05) is 25.2 Å². The molecule has 2 heteroatoms. The largest absolute Gasteiger partial charge is 0.378 e. The molecule has 0 spiro atoms. The van der Waals surface area contributed by atoms with Gasteiger partial charge >= 0.3 is 0 Å². The van der Waals surface area contributed by atoms with Gasteiger partial charge in [0.05, 0.1) is 0 Å². The molecule has 0 aromatic heterocycles. The smallest absolute Gasteiger partial charge is 0.123 e. The zero-order valence-electron chi connectivity index (χ0n) is 19.3. The third-order valence-electron chi connectivity index (χ3n) is 6.60. The minimum atomic E-state index is -0.154. The van der Waals surface area contributed by atoms with E-state index in [9.17, 15) is 4.39 Å². The number of hydrogen-bond acceptors (Lipinski definition) is 1. The standard InChI is InChI=1S/C28H38FN/c1-5-8-25(23-12-13-23)20-24(21(3)6-2)14-17-28-26(9-7-18-30(28)4)19-22-10-15-27(29)16-11-22/h6,8,10-11,15-17,20,23,26H,5,7,9,12-14,18-19H2,1-4H3/b21-6-,24-20-,25-8-,28-17-/t26-/m1/s1. The zero-order chi connectivity index (χ0) is 21.5. The highest BCUT2D eigenvalue weighted by molar-refractivity contribution is 5.40. The SMILES string of the molecule is C\C=C(C)/C(=C\C(=C\CC)C1CC1)C/C=C1/[C@@H](Cc2ccc(F)cc2)CCCN1C. The third-order valence-corrected chi connectivity index (χ3v) is 6.60. The van der Waals surface area contributed by atoms with E-state index in [2.05, 4.69) is 57.0 Å². The highest BCUT2D eigenvalue weighted by Crippen LogP contribution is 2.39. The molecule has 1 saturated heterocycles. The predicted octanol–water partition coefficient (Wildman–Crippen LogP) is 7.62. The Morgan fingerprint density at radius 2 is 1.90 bits per heavy atom. The van der Waals surface area contributed by atoms with E-state index in [0.29, 0.717) is 5.92 Å². The van der Waals surface area contributed by atoms with Gasteiger partial charge in [-0.1, -0.05) is 48.9 Å². The van der Waals surface area contributed by atoms with Crippen molar-refractivity contribution in [1.82, 2.24) is 4.90 Å². The minimum Gasteiger partial charge on any atom is -0.378 e. The molecule has 1 aliphatic heterocycles. The number of likely N-dealkylation sites (tertiary alicyclic amines) is 1. The molecule has 2 aliphatic rings. The molecule has 162 valence electrons. The number of allylic oxidation sites excluding steroid dienone is 8. The summed E-state index contributed by atoms with van der Waals surface area (Å²) in [6.45, 7) is 7.73. The lowest BCUT2D eigenvalue weighted by atomic mass is 9.87. The fourth-order valence-electron chi connectivity index (χ4n) is 4.53. The Kier molecular flexibility index (Phi) is 8.13. The van der Waals surface area contributed by atoms with Crippen molar-refractivity contribution in [2.24, 2.45) is 11.8 Å². The van der Waals surface area contributed by atoms with E-state index in [4.69, 9.17) is 0 Å². The van der Waals surface area contributed by atoms with Crippen molar-refractivity contribution in [3.63, 3.8) is 0 Å². The second-order valence-corrected chi connectivity index (χ2v) is 8.95. The molecule has 1 aromatic carbocycles. The summed E-state index contributed by atoms with van der Waals surface area (Å²) in [5.74, 6) is 1.13. The summed E-state index contributed by atoms with van der Waals surface area (Å²) in [6.07, 6.45) is 17.8. The molecular weight excluding hydrogens is 369 g/mol. The van der Waals surface area contributed by atoms with Crippen LogP contribution in [0.4, 0.5) is 4.39 Å². The Balaban J connectivity index is 1.82. The van der Waals surface area contributed by atoms with E-state index < -0.39 is 0 Å². The zero-order valence-corrected chi connectivity index (χ0v) is 19.3. The van der Waals surface area contributed by atoms with E-state index in [-0.39, 0.29) is 5.82 Å². The van der Waals surface area contributed by atoms with Gasteiger partial charge in [-0.3, -0.25) is 0 Å². The summed E-state index contributed by atoms with van der Waals surface area (Å²) in [6, 6.07) is 7.05. The maximum absolute atomic E-state index is 13.3. The van der Waals surface area contributed by atoms with Crippen LogP contribution in [0.15, 0.2) is 71.0 Å². The predicted molar refractivity (Wildman–Crippen MR) is 127 cm³/mol. The highest BCUT2D eigenvalue weighted by atomic mass is 19.1. The van der Waals surface area contributed by atoms with Crippen LogP contribution in [0.2, 0.25) is 0 Å². The molecule has 1 aliphatic carbocycles. The summed E-state index contributed by atoms with van der Waals surface area (Å²) >= 11 is 0. The van der Waals surface area contributed by atoms with Gasteiger partial charge in [0.2, 0.25) is 0 Å². The van der Waals surface area contributed by atoms with Crippen LogP contribution in [0.5, 0.6) is 0 Å². The molecule has 1 atom stereocenters. The van der Waals surface area contributed by atoms with Crippen molar-refractivity contribution >= 4 is 0 Å². The van der Waals surface area contributed by atoms with Crippen LogP contribution in [0.1, 0.15) is 64.9 Å². The van der Waals surface area contributed by atoms with Crippen LogP contribution in [0.25, 0.3) is 0 Å². The van der Waals surface area contributed by atoms with Gasteiger partial charge in [0.15, 0.2) is 0 Å². The first-order chi connectivity index (χ1) is 14.5. The maximum Gasteiger partial charge on any atom is 0.123 e. The lowest BCUT2D eigenvalue weighted by Gasteiger charge is -2.35. The molecule has 30 heavy (non-hydrogen) atoms. The van der Waals surface area contributed by atoms with Gasteiger partial charge in [-0.05, 0) is 93.6 Å². The number of piperidine rings is 1. The molecule has 0 bridgehead atoms. The second kappa shape index (κ2) is 10.8. The first kappa shape index (κ1) is 22.6. The number of halogens is 1. The molecule has 0 N–H and O–H groups in total. The Morgan fingerprint density at radius 1 is 1.17 bits per heavy atom. The van der Waals surface area contributed by atoms with Gasteiger partial charge in [-0.2, -0.15) is 0 Å². The average Bonchev–Trinajstić information content (AvgIpc) is 3.58. The van der Waals surface area contributed by atoms with E-state index in [1.807, 2.05) is 12.1 Å². The van der Waals surface area contributed by atoms with Crippen LogP contribution >= 0.6 is 0 Å². The first-order valence-corrected chi connectivity index (χ1v) is 11.7. The summed E-state index contributed by atoms with van der Waals surface area (Å²) in [7, 11) is 2.22. The fraction of sp³-hybridized carbons (Fsp3) is 0.500. The molecule has 0 radical (unpaired) electrons. The monoisotopic (exact) mass is 407 g/mol. The molecule has 1 aromatic rings. The lowest BCUT2D eigenvalue weighted by molar-refractivity contribution is 0.279. The number of benzene rings is 1. The van der Waals surface area contributed by atoms with Crippen molar-refractivity contribution in [3.05, 3.63) is 82.4 Å². The molecular formula is C28H38FN.